The van der Waals surface area contributed by atoms with Crippen molar-refractivity contribution in [2.45, 2.75) is 23.1 Å². The highest BCUT2D eigenvalue weighted by molar-refractivity contribution is 8.01. The number of sulfone groups is 1. The molecule has 26 heavy (non-hydrogen) atoms. The van der Waals surface area contributed by atoms with E-state index in [1.165, 1.54) is 11.8 Å². The maximum atomic E-state index is 11.8. The Hall–Kier alpha value is -2.10. The van der Waals surface area contributed by atoms with E-state index in [1.54, 1.807) is 18.4 Å². The average molecular weight is 391 g/mol. The zero-order valence-corrected chi connectivity index (χ0v) is 15.4. The number of hydrogen-bond donors (Lipinski definition) is 1. The Kier molecular flexibility index (Phi) is 4.60. The summed E-state index contributed by atoms with van der Waals surface area (Å²) in [6, 6.07) is 13.4. The standard InChI is InChI=1S/C17H17N3O4S2/c21-13-10-26(22,23)11-15(13)25-17-19-18-16(14-7-4-8-24-14)20(17)9-12-5-2-1-3-6-12/h1-8,13,15,21H,9-11H2/t13-,15+/m1/s1. The first-order valence-electron chi connectivity index (χ1n) is 8.08. The van der Waals surface area contributed by atoms with E-state index in [4.69, 9.17) is 4.42 Å². The van der Waals surface area contributed by atoms with Crippen LogP contribution < -0.4 is 0 Å². The van der Waals surface area contributed by atoms with Crippen LogP contribution in [0.4, 0.5) is 0 Å². The van der Waals surface area contributed by atoms with Crippen LogP contribution in [0.1, 0.15) is 5.56 Å². The van der Waals surface area contributed by atoms with Crippen molar-refractivity contribution in [1.29, 1.82) is 0 Å². The number of aliphatic hydroxyl groups excluding tert-OH is 1. The predicted octanol–water partition coefficient (Wildman–Crippen LogP) is 1.84. The lowest BCUT2D eigenvalue weighted by atomic mass is 10.2. The minimum atomic E-state index is -3.22. The van der Waals surface area contributed by atoms with Crippen molar-refractivity contribution in [3.05, 3.63) is 54.3 Å². The van der Waals surface area contributed by atoms with E-state index < -0.39 is 21.2 Å². The van der Waals surface area contributed by atoms with Gasteiger partial charge in [0.2, 0.25) is 5.82 Å². The fraction of sp³-hybridized carbons (Fsp3) is 0.294. The normalized spacial score (nSPS) is 21.9. The van der Waals surface area contributed by atoms with Gasteiger partial charge in [-0.1, -0.05) is 42.1 Å². The van der Waals surface area contributed by atoms with E-state index in [1.807, 2.05) is 34.9 Å². The summed E-state index contributed by atoms with van der Waals surface area (Å²) < 4.78 is 30.9. The van der Waals surface area contributed by atoms with Crippen LogP contribution in [0.2, 0.25) is 0 Å². The van der Waals surface area contributed by atoms with Crippen LogP contribution in [0.5, 0.6) is 0 Å². The van der Waals surface area contributed by atoms with E-state index in [0.29, 0.717) is 23.3 Å². The SMILES string of the molecule is O=S1(=O)C[C@@H](O)[C@@H](Sc2nnc(-c3ccco3)n2Cc2ccccc2)C1. The summed E-state index contributed by atoms with van der Waals surface area (Å²) in [7, 11) is -3.22. The molecule has 1 saturated heterocycles. The van der Waals surface area contributed by atoms with Gasteiger partial charge in [0.25, 0.3) is 0 Å². The lowest BCUT2D eigenvalue weighted by molar-refractivity contribution is 0.207. The first-order valence-corrected chi connectivity index (χ1v) is 10.8. The third-order valence-electron chi connectivity index (χ3n) is 4.17. The Bertz CT molecular complexity index is 984. The van der Waals surface area contributed by atoms with Crippen molar-refractivity contribution >= 4 is 21.6 Å². The molecule has 7 nitrogen and oxygen atoms in total. The Labute approximate surface area is 155 Å². The third kappa shape index (κ3) is 3.55. The number of nitrogens with zero attached hydrogens (tertiary/aromatic N) is 3. The highest BCUT2D eigenvalue weighted by Gasteiger charge is 2.38. The van der Waals surface area contributed by atoms with Crippen LogP contribution in [-0.2, 0) is 16.4 Å². The molecular weight excluding hydrogens is 374 g/mol. The Balaban J connectivity index is 1.68. The Morgan fingerprint density at radius 3 is 2.62 bits per heavy atom. The molecule has 136 valence electrons. The molecule has 0 amide bonds. The molecule has 9 heteroatoms. The molecule has 0 bridgehead atoms. The maximum absolute atomic E-state index is 11.8. The first kappa shape index (κ1) is 17.3. The van der Waals surface area contributed by atoms with Gasteiger partial charge in [-0.05, 0) is 17.7 Å². The molecular formula is C17H17N3O4S2. The van der Waals surface area contributed by atoms with E-state index in [-0.39, 0.29) is 11.5 Å². The fourth-order valence-corrected chi connectivity index (χ4v) is 6.44. The molecule has 1 N–H and O–H groups in total. The number of furan rings is 1. The molecule has 0 spiro atoms. The summed E-state index contributed by atoms with van der Waals surface area (Å²) >= 11 is 1.24. The van der Waals surface area contributed by atoms with Gasteiger partial charge in [0, 0.05) is 0 Å². The number of aliphatic hydroxyl groups is 1. The molecule has 1 aromatic carbocycles. The molecule has 0 saturated carbocycles. The molecule has 2 atom stereocenters. The van der Waals surface area contributed by atoms with Gasteiger partial charge >= 0.3 is 0 Å². The quantitative estimate of drug-likeness (QED) is 0.708. The molecule has 0 aliphatic carbocycles. The summed E-state index contributed by atoms with van der Waals surface area (Å²) in [5, 5.41) is 18.6. The second-order valence-electron chi connectivity index (χ2n) is 6.16. The van der Waals surface area contributed by atoms with Crippen LogP contribution in [0, 0.1) is 0 Å². The summed E-state index contributed by atoms with van der Waals surface area (Å²) in [5.74, 6) is 0.881. The number of rotatable bonds is 5. The third-order valence-corrected chi connectivity index (χ3v) is 7.39. The minimum absolute atomic E-state index is 0.0624. The van der Waals surface area contributed by atoms with Gasteiger partial charge in [-0.2, -0.15) is 0 Å². The van der Waals surface area contributed by atoms with Crippen molar-refractivity contribution in [3.63, 3.8) is 0 Å². The van der Waals surface area contributed by atoms with Crippen molar-refractivity contribution < 1.29 is 17.9 Å². The van der Waals surface area contributed by atoms with Gasteiger partial charge in [0.1, 0.15) is 0 Å². The second kappa shape index (κ2) is 6.90. The average Bonchev–Trinajstić information content (AvgIpc) is 3.30. The summed E-state index contributed by atoms with van der Waals surface area (Å²) in [6.45, 7) is 0.516. The lowest BCUT2D eigenvalue weighted by Crippen LogP contribution is -2.20. The van der Waals surface area contributed by atoms with Gasteiger partial charge in [-0.15, -0.1) is 10.2 Å². The monoisotopic (exact) mass is 391 g/mol. The van der Waals surface area contributed by atoms with Crippen molar-refractivity contribution in [2.24, 2.45) is 0 Å². The van der Waals surface area contributed by atoms with Crippen molar-refractivity contribution in [1.82, 2.24) is 14.8 Å². The summed E-state index contributed by atoms with van der Waals surface area (Å²) in [4.78, 5) is 0. The van der Waals surface area contributed by atoms with Crippen molar-refractivity contribution in [2.75, 3.05) is 11.5 Å². The van der Waals surface area contributed by atoms with E-state index in [9.17, 15) is 13.5 Å². The fourth-order valence-electron chi connectivity index (χ4n) is 2.92. The Morgan fingerprint density at radius 1 is 1.15 bits per heavy atom. The molecule has 3 aromatic rings. The van der Waals surface area contributed by atoms with Crippen LogP contribution >= 0.6 is 11.8 Å². The van der Waals surface area contributed by atoms with E-state index in [0.717, 1.165) is 5.56 Å². The maximum Gasteiger partial charge on any atom is 0.200 e. The molecule has 0 radical (unpaired) electrons. The number of hydrogen-bond acceptors (Lipinski definition) is 7. The number of aromatic nitrogens is 3. The van der Waals surface area contributed by atoms with Gasteiger partial charge in [0.05, 0.1) is 35.7 Å². The molecule has 3 heterocycles. The molecule has 4 rings (SSSR count). The molecule has 0 unspecified atom stereocenters. The lowest BCUT2D eigenvalue weighted by Gasteiger charge is -2.13. The smallest absolute Gasteiger partial charge is 0.200 e. The van der Waals surface area contributed by atoms with Crippen LogP contribution in [0.15, 0.2) is 58.3 Å². The molecule has 2 aromatic heterocycles. The molecule has 1 aliphatic heterocycles. The number of thioether (sulfide) groups is 1. The Morgan fingerprint density at radius 2 is 1.96 bits per heavy atom. The van der Waals surface area contributed by atoms with Crippen LogP contribution in [-0.4, -0.2) is 51.1 Å². The largest absolute Gasteiger partial charge is 0.461 e. The van der Waals surface area contributed by atoms with Gasteiger partial charge in [0.15, 0.2) is 20.8 Å². The van der Waals surface area contributed by atoms with Crippen LogP contribution in [0.25, 0.3) is 11.6 Å². The van der Waals surface area contributed by atoms with Crippen LogP contribution in [0.3, 0.4) is 0 Å². The zero-order chi connectivity index (χ0) is 18.1. The van der Waals surface area contributed by atoms with Crippen molar-refractivity contribution in [3.8, 4) is 11.6 Å². The highest BCUT2D eigenvalue weighted by Crippen LogP contribution is 2.33. The minimum Gasteiger partial charge on any atom is -0.461 e. The predicted molar refractivity (Wildman–Crippen MR) is 97.6 cm³/mol. The molecule has 1 aliphatic rings. The second-order valence-corrected chi connectivity index (χ2v) is 9.52. The molecule has 1 fully saturated rings. The highest BCUT2D eigenvalue weighted by atomic mass is 32.2. The number of benzene rings is 1. The van der Waals surface area contributed by atoms with E-state index in [2.05, 4.69) is 10.2 Å². The van der Waals surface area contributed by atoms with Gasteiger partial charge < -0.3 is 9.52 Å². The van der Waals surface area contributed by atoms with Gasteiger partial charge in [-0.3, -0.25) is 4.57 Å². The topological polar surface area (TPSA) is 98.2 Å². The van der Waals surface area contributed by atoms with Gasteiger partial charge in [-0.25, -0.2) is 8.42 Å². The summed E-state index contributed by atoms with van der Waals surface area (Å²) in [6.07, 6.45) is 0.663. The van der Waals surface area contributed by atoms with E-state index >= 15 is 0 Å². The first-order chi connectivity index (χ1) is 12.5. The zero-order valence-electron chi connectivity index (χ0n) is 13.7. The summed E-state index contributed by atoms with van der Waals surface area (Å²) in [5.41, 5.74) is 1.06.